The number of benzene rings is 1. The van der Waals surface area contributed by atoms with Gasteiger partial charge in [-0.3, -0.25) is 0 Å². The lowest BCUT2D eigenvalue weighted by Gasteiger charge is -2.09. The molecule has 1 heterocycles. The fraction of sp³-hybridized carbons (Fsp3) is 0.222. The predicted octanol–water partition coefficient (Wildman–Crippen LogP) is 1.90. The molecule has 0 atom stereocenters. The molecule has 0 radical (unpaired) electrons. The van der Waals surface area contributed by atoms with E-state index in [-0.39, 0.29) is 21.0 Å². The Balaban J connectivity index is 2.07. The van der Waals surface area contributed by atoms with Crippen molar-refractivity contribution in [2.75, 3.05) is 26.6 Å². The van der Waals surface area contributed by atoms with E-state index >= 15 is 0 Å². The Morgan fingerprint density at radius 2 is 1.75 bits per heavy atom. The number of rotatable bonds is 7. The predicted molar refractivity (Wildman–Crippen MR) is 97.9 cm³/mol. The number of nitrogens with two attached hydrogens (primary N) is 1. The summed E-state index contributed by atoms with van der Waals surface area (Å²) in [5, 5.41) is 8.79. The summed E-state index contributed by atoms with van der Waals surface area (Å²) in [5.74, 6) is -1.84. The molecule has 2 aromatic rings. The van der Waals surface area contributed by atoms with Crippen molar-refractivity contribution >= 4 is 34.2 Å². The van der Waals surface area contributed by atoms with Crippen molar-refractivity contribution in [3.63, 3.8) is 0 Å². The molecule has 0 aliphatic heterocycles. The van der Waals surface area contributed by atoms with Crippen molar-refractivity contribution in [1.29, 1.82) is 5.26 Å². The van der Waals surface area contributed by atoms with Gasteiger partial charge in [0, 0.05) is 5.56 Å². The third-order valence-electron chi connectivity index (χ3n) is 3.51. The molecule has 28 heavy (non-hydrogen) atoms. The zero-order valence-corrected chi connectivity index (χ0v) is 15.8. The van der Waals surface area contributed by atoms with Crippen LogP contribution in [-0.2, 0) is 25.6 Å². The number of anilines is 1. The molecular weight excluding hydrogens is 388 g/mol. The first-order chi connectivity index (χ1) is 13.4. The molecule has 9 nitrogen and oxygen atoms in total. The van der Waals surface area contributed by atoms with E-state index in [1.807, 2.05) is 6.07 Å². The Kier molecular flexibility index (Phi) is 6.95. The lowest BCUT2D eigenvalue weighted by Crippen LogP contribution is -2.17. The summed E-state index contributed by atoms with van der Waals surface area (Å²) < 4.78 is 19.7. The number of ether oxygens (including phenoxy) is 4. The van der Waals surface area contributed by atoms with E-state index in [1.165, 1.54) is 26.4 Å². The highest BCUT2D eigenvalue weighted by Gasteiger charge is 2.28. The molecular formula is C18H16N2O7S. The van der Waals surface area contributed by atoms with E-state index in [0.29, 0.717) is 11.3 Å². The zero-order chi connectivity index (χ0) is 20.7. The minimum Gasteiger partial charge on any atom is -0.482 e. The van der Waals surface area contributed by atoms with Crippen LogP contribution in [0.1, 0.15) is 31.2 Å². The van der Waals surface area contributed by atoms with E-state index in [1.54, 1.807) is 12.1 Å². The minimum absolute atomic E-state index is 0.0428. The Morgan fingerprint density at radius 3 is 2.32 bits per heavy atom. The van der Waals surface area contributed by atoms with Crippen LogP contribution in [0.3, 0.4) is 0 Å². The standard InChI is InChI=1S/C18H16N2O7S/c1-24-17(22)14-12(15(18(23)25-2)28-16(14)20)8-27-13(21)9-26-11-5-3-10(7-19)4-6-11/h3-6H,8-9,20H2,1-2H3. The van der Waals surface area contributed by atoms with Crippen LogP contribution in [0.4, 0.5) is 5.00 Å². The largest absolute Gasteiger partial charge is 0.482 e. The summed E-state index contributed by atoms with van der Waals surface area (Å²) in [6.07, 6.45) is 0. The number of carbonyl (C=O) groups excluding carboxylic acids is 3. The zero-order valence-electron chi connectivity index (χ0n) is 15.0. The number of hydrogen-bond donors (Lipinski definition) is 1. The van der Waals surface area contributed by atoms with Crippen LogP contribution in [0, 0.1) is 11.3 Å². The SMILES string of the molecule is COC(=O)c1sc(N)c(C(=O)OC)c1COC(=O)COc1ccc(C#N)cc1. The van der Waals surface area contributed by atoms with Crippen LogP contribution < -0.4 is 10.5 Å². The molecule has 0 fully saturated rings. The lowest BCUT2D eigenvalue weighted by molar-refractivity contribution is -0.147. The molecule has 0 amide bonds. The summed E-state index contributed by atoms with van der Waals surface area (Å²) >= 11 is 0.836. The number of esters is 3. The van der Waals surface area contributed by atoms with Crippen molar-refractivity contribution < 1.29 is 33.3 Å². The Hall–Kier alpha value is -3.58. The molecule has 146 valence electrons. The van der Waals surface area contributed by atoms with Crippen LogP contribution in [0.2, 0.25) is 0 Å². The molecule has 0 saturated carbocycles. The first kappa shape index (κ1) is 20.7. The van der Waals surface area contributed by atoms with Crippen molar-refractivity contribution in [2.24, 2.45) is 0 Å². The van der Waals surface area contributed by atoms with Gasteiger partial charge < -0.3 is 24.7 Å². The molecule has 0 unspecified atom stereocenters. The van der Waals surface area contributed by atoms with Crippen molar-refractivity contribution in [1.82, 2.24) is 0 Å². The smallest absolute Gasteiger partial charge is 0.348 e. The second-order valence-electron chi connectivity index (χ2n) is 5.22. The van der Waals surface area contributed by atoms with Crippen LogP contribution in [0.25, 0.3) is 0 Å². The maximum atomic E-state index is 12.0. The third kappa shape index (κ3) is 4.77. The molecule has 2 rings (SSSR count). The molecule has 0 bridgehead atoms. The summed E-state index contributed by atoms with van der Waals surface area (Å²) in [6, 6.07) is 8.13. The van der Waals surface area contributed by atoms with Crippen LogP contribution in [0.5, 0.6) is 5.75 Å². The van der Waals surface area contributed by atoms with Gasteiger partial charge in [-0.1, -0.05) is 0 Å². The average Bonchev–Trinajstić information content (AvgIpc) is 3.05. The number of thiophene rings is 1. The van der Waals surface area contributed by atoms with Crippen LogP contribution in [-0.4, -0.2) is 38.7 Å². The van der Waals surface area contributed by atoms with Gasteiger partial charge in [0.25, 0.3) is 0 Å². The van der Waals surface area contributed by atoms with Crippen molar-refractivity contribution in [2.45, 2.75) is 6.61 Å². The number of methoxy groups -OCH3 is 2. The minimum atomic E-state index is -0.760. The normalized spacial score (nSPS) is 9.89. The number of nitrogen functional groups attached to an aromatic ring is 1. The third-order valence-corrected chi connectivity index (χ3v) is 4.55. The van der Waals surface area contributed by atoms with E-state index < -0.39 is 31.1 Å². The van der Waals surface area contributed by atoms with Crippen molar-refractivity contribution in [3.05, 3.63) is 45.8 Å². The number of hydrogen-bond acceptors (Lipinski definition) is 10. The first-order valence-electron chi connectivity index (χ1n) is 7.77. The highest BCUT2D eigenvalue weighted by atomic mass is 32.1. The molecule has 0 spiro atoms. The first-order valence-corrected chi connectivity index (χ1v) is 8.59. The summed E-state index contributed by atoms with van der Waals surface area (Å²) in [5.41, 5.74) is 6.31. The Labute approximate surface area is 164 Å². The Bertz CT molecular complexity index is 929. The van der Waals surface area contributed by atoms with Gasteiger partial charge in [0.15, 0.2) is 6.61 Å². The second-order valence-corrected chi connectivity index (χ2v) is 6.27. The quantitative estimate of drug-likeness (QED) is 0.541. The molecule has 2 N–H and O–H groups in total. The number of nitriles is 1. The van der Waals surface area contributed by atoms with Crippen LogP contribution in [0.15, 0.2) is 24.3 Å². The number of carbonyl (C=O) groups is 3. The van der Waals surface area contributed by atoms with E-state index in [9.17, 15) is 14.4 Å². The summed E-state index contributed by atoms with van der Waals surface area (Å²) in [6.45, 7) is -0.801. The number of nitrogens with zero attached hydrogens (tertiary/aromatic N) is 1. The van der Waals surface area contributed by atoms with Crippen molar-refractivity contribution in [3.8, 4) is 11.8 Å². The molecule has 0 saturated heterocycles. The fourth-order valence-corrected chi connectivity index (χ4v) is 3.15. The molecule has 10 heteroatoms. The summed E-state index contributed by atoms with van der Waals surface area (Å²) in [4.78, 5) is 35.9. The van der Waals surface area contributed by atoms with Gasteiger partial charge in [0.2, 0.25) is 0 Å². The second kappa shape index (κ2) is 9.38. The van der Waals surface area contributed by atoms with E-state index in [2.05, 4.69) is 9.47 Å². The average molecular weight is 404 g/mol. The highest BCUT2D eigenvalue weighted by Crippen LogP contribution is 2.33. The van der Waals surface area contributed by atoms with Gasteiger partial charge in [0.05, 0.1) is 25.9 Å². The van der Waals surface area contributed by atoms with Gasteiger partial charge in [-0.2, -0.15) is 5.26 Å². The molecule has 1 aromatic carbocycles. The fourth-order valence-electron chi connectivity index (χ4n) is 2.17. The summed E-state index contributed by atoms with van der Waals surface area (Å²) in [7, 11) is 2.34. The maximum Gasteiger partial charge on any atom is 0.348 e. The van der Waals surface area contributed by atoms with Gasteiger partial charge in [-0.15, -0.1) is 11.3 Å². The lowest BCUT2D eigenvalue weighted by atomic mass is 10.1. The van der Waals surface area contributed by atoms with Gasteiger partial charge in [0.1, 0.15) is 27.8 Å². The molecule has 0 aliphatic carbocycles. The monoisotopic (exact) mass is 404 g/mol. The van der Waals surface area contributed by atoms with E-state index in [4.69, 9.17) is 20.5 Å². The highest BCUT2D eigenvalue weighted by molar-refractivity contribution is 7.18. The molecule has 1 aromatic heterocycles. The van der Waals surface area contributed by atoms with Crippen LogP contribution >= 0.6 is 11.3 Å². The molecule has 0 aliphatic rings. The van der Waals surface area contributed by atoms with Gasteiger partial charge >= 0.3 is 17.9 Å². The Morgan fingerprint density at radius 1 is 1.11 bits per heavy atom. The van der Waals surface area contributed by atoms with E-state index in [0.717, 1.165) is 11.3 Å². The van der Waals surface area contributed by atoms with Gasteiger partial charge in [-0.05, 0) is 24.3 Å². The van der Waals surface area contributed by atoms with Gasteiger partial charge in [-0.25, -0.2) is 14.4 Å². The topological polar surface area (TPSA) is 138 Å². The maximum absolute atomic E-state index is 12.0.